The number of carbonyl (C=O) groups excluding carboxylic acids is 1. The molecule has 0 bridgehead atoms. The number of carboxylic acid groups (broad SMARTS) is 1. The molecule has 1 aliphatic heterocycles. The number of hydrogen-bond donors (Lipinski definition) is 2. The highest BCUT2D eigenvalue weighted by Gasteiger charge is 2.44. The third-order valence-corrected chi connectivity index (χ3v) is 5.23. The molecule has 1 amide bonds. The van der Waals surface area contributed by atoms with Gasteiger partial charge in [-0.1, -0.05) is 6.07 Å². The number of hydrogen-bond acceptors (Lipinski definition) is 6. The van der Waals surface area contributed by atoms with Gasteiger partial charge >= 0.3 is 5.97 Å². The Morgan fingerprint density at radius 2 is 1.55 bits per heavy atom. The summed E-state index contributed by atoms with van der Waals surface area (Å²) in [6.45, 7) is 6.49. The average Bonchev–Trinajstić information content (AvgIpc) is 2.73. The molecule has 2 atom stereocenters. The van der Waals surface area contributed by atoms with Gasteiger partial charge in [0, 0.05) is 12.6 Å². The van der Waals surface area contributed by atoms with Crippen molar-refractivity contribution in [3.8, 4) is 23.0 Å². The maximum Gasteiger partial charge on any atom is 0.313 e. The van der Waals surface area contributed by atoms with E-state index >= 15 is 0 Å². The van der Waals surface area contributed by atoms with Gasteiger partial charge in [0.05, 0.1) is 25.9 Å². The molecule has 2 aromatic carbocycles. The van der Waals surface area contributed by atoms with E-state index in [0.717, 1.165) is 0 Å². The van der Waals surface area contributed by atoms with E-state index in [9.17, 15) is 19.8 Å². The summed E-state index contributed by atoms with van der Waals surface area (Å²) in [5.41, 5.74) is 1.17. The van der Waals surface area contributed by atoms with Gasteiger partial charge in [0.25, 0.3) is 5.91 Å². The highest BCUT2D eigenvalue weighted by atomic mass is 16.5. The van der Waals surface area contributed by atoms with Crippen LogP contribution in [0.2, 0.25) is 0 Å². The molecule has 2 N–H and O–H groups in total. The maximum absolute atomic E-state index is 13.2. The number of aromatic hydroxyl groups is 1. The second-order valence-corrected chi connectivity index (χ2v) is 7.09. The predicted octanol–water partition coefficient (Wildman–Crippen LogP) is 3.58. The molecule has 0 unspecified atom stereocenters. The van der Waals surface area contributed by atoms with Crippen LogP contribution in [-0.4, -0.2) is 53.9 Å². The van der Waals surface area contributed by atoms with Crippen LogP contribution in [0.1, 0.15) is 54.2 Å². The lowest BCUT2D eigenvalue weighted by Crippen LogP contribution is -2.42. The Morgan fingerprint density at radius 1 is 0.968 bits per heavy atom. The monoisotopic (exact) mass is 429 g/mol. The van der Waals surface area contributed by atoms with Crippen molar-refractivity contribution in [3.63, 3.8) is 0 Å². The molecule has 0 aliphatic carbocycles. The quantitative estimate of drug-likeness (QED) is 0.661. The van der Waals surface area contributed by atoms with E-state index in [0.29, 0.717) is 42.4 Å². The number of carbonyl (C=O) groups is 2. The highest BCUT2D eigenvalue weighted by molar-refractivity contribution is 6.01. The fraction of sp³-hybridized carbons (Fsp3) is 0.391. The number of phenols is 1. The van der Waals surface area contributed by atoms with Gasteiger partial charge in [-0.05, 0) is 56.2 Å². The topological polar surface area (TPSA) is 106 Å². The minimum atomic E-state index is -1.08. The second-order valence-electron chi connectivity index (χ2n) is 7.09. The van der Waals surface area contributed by atoms with Crippen molar-refractivity contribution >= 4 is 11.9 Å². The molecule has 0 fully saturated rings. The highest BCUT2D eigenvalue weighted by Crippen LogP contribution is 2.46. The fourth-order valence-electron chi connectivity index (χ4n) is 3.93. The Morgan fingerprint density at radius 3 is 2.13 bits per heavy atom. The largest absolute Gasteiger partial charge is 0.504 e. The number of carboxylic acids is 1. The van der Waals surface area contributed by atoms with Gasteiger partial charge in [0.15, 0.2) is 23.0 Å². The lowest BCUT2D eigenvalue weighted by molar-refractivity contribution is -0.140. The van der Waals surface area contributed by atoms with E-state index in [2.05, 4.69) is 0 Å². The molecule has 1 aliphatic rings. The summed E-state index contributed by atoms with van der Waals surface area (Å²) < 4.78 is 16.7. The number of phenolic OH excluding ortho intramolecular Hbond substituents is 1. The van der Waals surface area contributed by atoms with Crippen molar-refractivity contribution in [2.75, 3.05) is 26.9 Å². The van der Waals surface area contributed by atoms with Crippen molar-refractivity contribution in [1.29, 1.82) is 0 Å². The summed E-state index contributed by atoms with van der Waals surface area (Å²) in [6, 6.07) is 6.96. The minimum absolute atomic E-state index is 0.0531. The summed E-state index contributed by atoms with van der Waals surface area (Å²) in [5.74, 6) is -1.48. The first-order valence-electron chi connectivity index (χ1n) is 10.2. The minimum Gasteiger partial charge on any atom is -0.504 e. The summed E-state index contributed by atoms with van der Waals surface area (Å²) in [5, 5.41) is 20.2. The molecule has 2 aromatic rings. The zero-order valence-corrected chi connectivity index (χ0v) is 18.0. The maximum atomic E-state index is 13.2. The van der Waals surface area contributed by atoms with Crippen molar-refractivity contribution in [2.45, 2.75) is 32.7 Å². The summed E-state index contributed by atoms with van der Waals surface area (Å²) in [6.07, 6.45) is 0. The van der Waals surface area contributed by atoms with E-state index in [1.807, 2.05) is 13.8 Å². The van der Waals surface area contributed by atoms with E-state index in [4.69, 9.17) is 14.2 Å². The van der Waals surface area contributed by atoms with E-state index in [-0.39, 0.29) is 23.0 Å². The van der Waals surface area contributed by atoms with Crippen LogP contribution in [0.5, 0.6) is 23.0 Å². The molecule has 3 rings (SSSR count). The number of benzene rings is 2. The first-order chi connectivity index (χ1) is 14.8. The van der Waals surface area contributed by atoms with Gasteiger partial charge in [0.1, 0.15) is 5.92 Å². The lowest BCUT2D eigenvalue weighted by Gasteiger charge is -2.39. The molecule has 8 nitrogen and oxygen atoms in total. The Bertz CT molecular complexity index is 988. The molecule has 0 spiro atoms. The van der Waals surface area contributed by atoms with Crippen molar-refractivity contribution < 1.29 is 34.0 Å². The number of nitrogens with zero attached hydrogens (tertiary/aromatic N) is 1. The zero-order chi connectivity index (χ0) is 22.7. The van der Waals surface area contributed by atoms with Gasteiger partial charge < -0.3 is 29.3 Å². The Kier molecular flexibility index (Phi) is 6.58. The van der Waals surface area contributed by atoms with E-state index < -0.39 is 17.9 Å². The van der Waals surface area contributed by atoms with Crippen LogP contribution in [0.3, 0.4) is 0 Å². The molecular weight excluding hydrogens is 402 g/mol. The van der Waals surface area contributed by atoms with Crippen LogP contribution < -0.4 is 14.2 Å². The third-order valence-electron chi connectivity index (χ3n) is 5.23. The lowest BCUT2D eigenvalue weighted by atomic mass is 9.79. The third kappa shape index (κ3) is 4.10. The SMILES string of the molecule is CCOc1cc([C@@H]2[C@H](C(=O)O)c3cc(OCC)c(OCC)cc3C(=O)N2C)ccc1O. The van der Waals surface area contributed by atoms with Crippen molar-refractivity contribution in [1.82, 2.24) is 4.90 Å². The van der Waals surface area contributed by atoms with Crippen LogP contribution >= 0.6 is 0 Å². The standard InChI is InChI=1S/C23H27NO7/c1-5-29-17-10-13(8-9-16(17)25)21-20(23(27)28)14-11-18(30-6-2)19(31-7-3)12-15(14)22(26)24(21)4/h8-12,20-21,25H,5-7H2,1-4H3,(H,27,28)/t20-,21-/m1/s1. The van der Waals surface area contributed by atoms with Crippen LogP contribution in [0, 0.1) is 0 Å². The second kappa shape index (κ2) is 9.16. The van der Waals surface area contributed by atoms with Crippen LogP contribution in [0.4, 0.5) is 0 Å². The molecule has 31 heavy (non-hydrogen) atoms. The van der Waals surface area contributed by atoms with Crippen LogP contribution in [0.25, 0.3) is 0 Å². The number of amides is 1. The number of likely N-dealkylation sites (N-methyl/N-ethyl adjacent to an activating group) is 1. The van der Waals surface area contributed by atoms with Gasteiger partial charge in [-0.2, -0.15) is 0 Å². The van der Waals surface area contributed by atoms with Gasteiger partial charge in [-0.25, -0.2) is 0 Å². The molecule has 0 saturated heterocycles. The molecule has 8 heteroatoms. The number of rotatable bonds is 8. The normalized spacial score (nSPS) is 17.8. The number of ether oxygens (including phenoxy) is 3. The average molecular weight is 429 g/mol. The molecule has 0 saturated carbocycles. The van der Waals surface area contributed by atoms with E-state index in [1.165, 1.54) is 11.0 Å². The molecule has 166 valence electrons. The molecule has 0 aromatic heterocycles. The van der Waals surface area contributed by atoms with Crippen LogP contribution in [-0.2, 0) is 4.79 Å². The molecular formula is C23H27NO7. The van der Waals surface area contributed by atoms with Crippen molar-refractivity contribution in [2.24, 2.45) is 0 Å². The summed E-state index contributed by atoms with van der Waals surface area (Å²) in [7, 11) is 1.57. The Balaban J connectivity index is 2.19. The molecule has 0 radical (unpaired) electrons. The predicted molar refractivity (Wildman–Crippen MR) is 113 cm³/mol. The summed E-state index contributed by atoms with van der Waals surface area (Å²) >= 11 is 0. The number of aliphatic carboxylic acids is 1. The first kappa shape index (κ1) is 22.3. The Hall–Kier alpha value is -3.42. The van der Waals surface area contributed by atoms with E-state index in [1.54, 1.807) is 38.2 Å². The van der Waals surface area contributed by atoms with Crippen molar-refractivity contribution in [3.05, 3.63) is 47.0 Å². The smallest absolute Gasteiger partial charge is 0.313 e. The Labute approximate surface area is 181 Å². The van der Waals surface area contributed by atoms with Gasteiger partial charge in [0.2, 0.25) is 0 Å². The van der Waals surface area contributed by atoms with Gasteiger partial charge in [-0.15, -0.1) is 0 Å². The summed E-state index contributed by atoms with van der Waals surface area (Å²) in [4.78, 5) is 27.0. The van der Waals surface area contributed by atoms with Crippen LogP contribution in [0.15, 0.2) is 30.3 Å². The first-order valence-corrected chi connectivity index (χ1v) is 10.2. The molecule has 1 heterocycles. The fourth-order valence-corrected chi connectivity index (χ4v) is 3.93. The van der Waals surface area contributed by atoms with Gasteiger partial charge in [-0.3, -0.25) is 9.59 Å². The number of fused-ring (bicyclic) bond motifs is 1. The zero-order valence-electron chi connectivity index (χ0n) is 18.0.